The molecule has 4 heteroatoms. The molecule has 1 heterocycles. The van der Waals surface area contributed by atoms with Crippen molar-refractivity contribution in [3.8, 4) is 0 Å². The molecule has 4 unspecified atom stereocenters. The fourth-order valence-corrected chi connectivity index (χ4v) is 5.05. The number of fused-ring (bicyclic) bond motifs is 2. The Morgan fingerprint density at radius 2 is 2.00 bits per heavy atom. The standard InChI is InChI=1S/C19H20FNOS/c20-15-7-5-13(6-8-15)18(17-2-1-9-23-17)21-19(22)16-11-12-3-4-14(16)10-12/h1-2,5-9,12,14,16,18H,3-4,10-11H2,(H,21,22). The molecule has 2 aromatic rings. The van der Waals surface area contributed by atoms with Gasteiger partial charge in [0.15, 0.2) is 0 Å². The Labute approximate surface area is 139 Å². The Morgan fingerprint density at radius 3 is 2.61 bits per heavy atom. The van der Waals surface area contributed by atoms with Crippen LogP contribution in [-0.4, -0.2) is 5.91 Å². The summed E-state index contributed by atoms with van der Waals surface area (Å²) in [5.74, 6) is 1.40. The topological polar surface area (TPSA) is 29.1 Å². The van der Waals surface area contributed by atoms with Crippen molar-refractivity contribution in [2.45, 2.75) is 31.7 Å². The van der Waals surface area contributed by atoms with Crippen LogP contribution in [0.2, 0.25) is 0 Å². The predicted octanol–water partition coefficient (Wildman–Crippen LogP) is 4.53. The molecule has 2 fully saturated rings. The number of halogens is 1. The summed E-state index contributed by atoms with van der Waals surface area (Å²) in [6.07, 6.45) is 4.75. The zero-order valence-corrected chi connectivity index (χ0v) is 13.7. The maximum atomic E-state index is 13.2. The van der Waals surface area contributed by atoms with E-state index in [1.54, 1.807) is 23.5 Å². The molecule has 1 N–H and O–H groups in total. The molecule has 0 aliphatic heterocycles. The van der Waals surface area contributed by atoms with Crippen LogP contribution < -0.4 is 5.32 Å². The highest BCUT2D eigenvalue weighted by molar-refractivity contribution is 7.10. The average Bonchev–Trinajstić information content (AvgIpc) is 3.30. The average molecular weight is 329 g/mol. The lowest BCUT2D eigenvalue weighted by Crippen LogP contribution is -2.36. The van der Waals surface area contributed by atoms with E-state index in [0.717, 1.165) is 22.8 Å². The van der Waals surface area contributed by atoms with E-state index in [9.17, 15) is 9.18 Å². The zero-order valence-electron chi connectivity index (χ0n) is 12.9. The molecular weight excluding hydrogens is 309 g/mol. The first-order valence-corrected chi connectivity index (χ1v) is 9.18. The van der Waals surface area contributed by atoms with Crippen molar-refractivity contribution in [3.05, 3.63) is 58.0 Å². The van der Waals surface area contributed by atoms with Gasteiger partial charge in [-0.1, -0.05) is 24.6 Å². The van der Waals surface area contributed by atoms with Crippen molar-refractivity contribution < 1.29 is 9.18 Å². The Balaban J connectivity index is 1.56. The molecule has 2 aliphatic carbocycles. The molecule has 0 spiro atoms. The zero-order chi connectivity index (χ0) is 15.8. The summed E-state index contributed by atoms with van der Waals surface area (Å²) in [7, 11) is 0. The van der Waals surface area contributed by atoms with E-state index in [2.05, 4.69) is 5.32 Å². The van der Waals surface area contributed by atoms with Crippen molar-refractivity contribution in [1.29, 1.82) is 0 Å². The predicted molar refractivity (Wildman–Crippen MR) is 89.6 cm³/mol. The van der Waals surface area contributed by atoms with Gasteiger partial charge in [-0.05, 0) is 60.2 Å². The third-order valence-electron chi connectivity index (χ3n) is 5.39. The minimum absolute atomic E-state index is 0.164. The summed E-state index contributed by atoms with van der Waals surface area (Å²) in [5, 5.41) is 5.24. The number of hydrogen-bond acceptors (Lipinski definition) is 2. The first-order valence-electron chi connectivity index (χ1n) is 8.30. The van der Waals surface area contributed by atoms with Crippen LogP contribution in [0.15, 0.2) is 41.8 Å². The molecule has 1 amide bonds. The maximum absolute atomic E-state index is 13.2. The van der Waals surface area contributed by atoms with Crippen molar-refractivity contribution in [2.75, 3.05) is 0 Å². The number of thiophene rings is 1. The molecule has 2 nitrogen and oxygen atoms in total. The minimum Gasteiger partial charge on any atom is -0.344 e. The molecular formula is C19H20FNOS. The van der Waals surface area contributed by atoms with Crippen LogP contribution in [0.5, 0.6) is 0 Å². The van der Waals surface area contributed by atoms with Gasteiger partial charge in [0.2, 0.25) is 5.91 Å². The number of carbonyl (C=O) groups is 1. The number of amides is 1. The van der Waals surface area contributed by atoms with Gasteiger partial charge in [0, 0.05) is 10.8 Å². The van der Waals surface area contributed by atoms with Gasteiger partial charge in [-0.3, -0.25) is 4.79 Å². The summed E-state index contributed by atoms with van der Waals surface area (Å²) in [4.78, 5) is 13.9. The summed E-state index contributed by atoms with van der Waals surface area (Å²) in [6.45, 7) is 0. The highest BCUT2D eigenvalue weighted by Crippen LogP contribution is 2.48. The van der Waals surface area contributed by atoms with Gasteiger partial charge in [0.1, 0.15) is 5.82 Å². The third-order valence-corrected chi connectivity index (χ3v) is 6.33. The Morgan fingerprint density at radius 1 is 1.17 bits per heavy atom. The second-order valence-corrected chi connectivity index (χ2v) is 7.77. The van der Waals surface area contributed by atoms with Gasteiger partial charge < -0.3 is 5.32 Å². The van der Waals surface area contributed by atoms with E-state index in [0.29, 0.717) is 5.92 Å². The highest BCUT2D eigenvalue weighted by Gasteiger charge is 2.43. The van der Waals surface area contributed by atoms with Crippen LogP contribution >= 0.6 is 11.3 Å². The van der Waals surface area contributed by atoms with Crippen molar-refractivity contribution >= 4 is 17.2 Å². The van der Waals surface area contributed by atoms with Crippen LogP contribution in [-0.2, 0) is 4.79 Å². The summed E-state index contributed by atoms with van der Waals surface area (Å²) in [6, 6.07) is 10.3. The van der Waals surface area contributed by atoms with Crippen LogP contribution in [0.3, 0.4) is 0 Å². The first-order chi connectivity index (χ1) is 11.2. The maximum Gasteiger partial charge on any atom is 0.224 e. The monoisotopic (exact) mass is 329 g/mol. The van der Waals surface area contributed by atoms with Crippen molar-refractivity contribution in [2.24, 2.45) is 17.8 Å². The number of nitrogens with one attached hydrogen (secondary N) is 1. The fourth-order valence-electron chi connectivity index (χ4n) is 4.24. The summed E-state index contributed by atoms with van der Waals surface area (Å²) < 4.78 is 13.2. The molecule has 0 saturated heterocycles. The quantitative estimate of drug-likeness (QED) is 0.877. The van der Waals surface area contributed by atoms with E-state index >= 15 is 0 Å². The van der Waals surface area contributed by atoms with Crippen LogP contribution in [0.1, 0.15) is 42.2 Å². The number of hydrogen-bond donors (Lipinski definition) is 1. The third kappa shape index (κ3) is 2.92. The van der Waals surface area contributed by atoms with Crippen LogP contribution in [0.4, 0.5) is 4.39 Å². The number of benzene rings is 1. The lowest BCUT2D eigenvalue weighted by Gasteiger charge is -2.25. The summed E-state index contributed by atoms with van der Waals surface area (Å²) in [5.41, 5.74) is 0.936. The lowest BCUT2D eigenvalue weighted by molar-refractivity contribution is -0.127. The van der Waals surface area contributed by atoms with E-state index in [-0.39, 0.29) is 23.7 Å². The molecule has 1 aromatic carbocycles. The van der Waals surface area contributed by atoms with Gasteiger partial charge in [0.25, 0.3) is 0 Å². The van der Waals surface area contributed by atoms with Gasteiger partial charge in [-0.15, -0.1) is 11.3 Å². The van der Waals surface area contributed by atoms with E-state index in [4.69, 9.17) is 0 Å². The SMILES string of the molecule is O=C(NC(c1ccc(F)cc1)c1cccs1)C1CC2CCC1C2. The highest BCUT2D eigenvalue weighted by atomic mass is 32.1. The molecule has 23 heavy (non-hydrogen) atoms. The Bertz CT molecular complexity index is 682. The number of carbonyl (C=O) groups excluding carboxylic acids is 1. The molecule has 4 rings (SSSR count). The Kier molecular flexibility index (Phi) is 3.93. The van der Waals surface area contributed by atoms with Crippen LogP contribution in [0.25, 0.3) is 0 Å². The van der Waals surface area contributed by atoms with Gasteiger partial charge in [-0.25, -0.2) is 4.39 Å². The summed E-state index contributed by atoms with van der Waals surface area (Å²) >= 11 is 1.62. The molecule has 2 saturated carbocycles. The van der Waals surface area contributed by atoms with Crippen LogP contribution in [0, 0.1) is 23.6 Å². The molecule has 4 atom stereocenters. The van der Waals surface area contributed by atoms with Gasteiger partial charge in [0.05, 0.1) is 6.04 Å². The number of rotatable bonds is 4. The minimum atomic E-state index is -0.252. The van der Waals surface area contributed by atoms with E-state index < -0.39 is 0 Å². The van der Waals surface area contributed by atoms with Gasteiger partial charge >= 0.3 is 0 Å². The lowest BCUT2D eigenvalue weighted by atomic mass is 9.88. The smallest absolute Gasteiger partial charge is 0.224 e. The van der Waals surface area contributed by atoms with Crippen molar-refractivity contribution in [1.82, 2.24) is 5.32 Å². The fraction of sp³-hybridized carbons (Fsp3) is 0.421. The first kappa shape index (κ1) is 14.9. The largest absolute Gasteiger partial charge is 0.344 e. The molecule has 120 valence electrons. The molecule has 2 aliphatic rings. The molecule has 1 aromatic heterocycles. The molecule has 2 bridgehead atoms. The van der Waals surface area contributed by atoms with E-state index in [1.807, 2.05) is 17.5 Å². The van der Waals surface area contributed by atoms with E-state index in [1.165, 1.54) is 31.4 Å². The van der Waals surface area contributed by atoms with Gasteiger partial charge in [-0.2, -0.15) is 0 Å². The van der Waals surface area contributed by atoms with Crippen molar-refractivity contribution in [3.63, 3.8) is 0 Å². The molecule has 0 radical (unpaired) electrons. The Hall–Kier alpha value is -1.68. The second-order valence-electron chi connectivity index (χ2n) is 6.79. The second kappa shape index (κ2) is 6.08. The normalized spacial score (nSPS) is 27.1.